The molecule has 0 saturated heterocycles. The molecule has 1 unspecified atom stereocenters. The van der Waals surface area contributed by atoms with Crippen LogP contribution < -0.4 is 10.1 Å². The lowest BCUT2D eigenvalue weighted by atomic mass is 9.90. The molecule has 116 valence electrons. The van der Waals surface area contributed by atoms with Crippen LogP contribution in [0.3, 0.4) is 0 Å². The summed E-state index contributed by atoms with van der Waals surface area (Å²) in [5.74, 6) is -0.695. The number of rotatable bonds is 6. The number of amides is 1. The smallest absolute Gasteiger partial charge is 0.330 e. The zero-order valence-corrected chi connectivity index (χ0v) is 13.0. The SMILES string of the molecule is COc1ccc(C(NC(=O)CCC(C)(C)C)C(=O)O)cc1. The van der Waals surface area contributed by atoms with Gasteiger partial charge in [0.1, 0.15) is 5.75 Å². The van der Waals surface area contributed by atoms with Crippen molar-refractivity contribution in [2.24, 2.45) is 5.41 Å². The highest BCUT2D eigenvalue weighted by molar-refractivity contribution is 5.84. The van der Waals surface area contributed by atoms with Crippen molar-refractivity contribution in [1.29, 1.82) is 0 Å². The van der Waals surface area contributed by atoms with Crippen LogP contribution in [0.1, 0.15) is 45.2 Å². The minimum atomic E-state index is -1.08. The fraction of sp³-hybridized carbons (Fsp3) is 0.500. The lowest BCUT2D eigenvalue weighted by Crippen LogP contribution is -2.34. The number of aliphatic carboxylic acids is 1. The van der Waals surface area contributed by atoms with Crippen LogP contribution in [0.15, 0.2) is 24.3 Å². The Hall–Kier alpha value is -2.04. The molecule has 1 atom stereocenters. The van der Waals surface area contributed by atoms with Gasteiger partial charge in [-0.2, -0.15) is 0 Å². The van der Waals surface area contributed by atoms with E-state index >= 15 is 0 Å². The van der Waals surface area contributed by atoms with E-state index in [0.717, 1.165) is 0 Å². The number of carbonyl (C=O) groups excluding carboxylic acids is 1. The molecule has 1 aromatic rings. The molecule has 21 heavy (non-hydrogen) atoms. The summed E-state index contributed by atoms with van der Waals surface area (Å²) >= 11 is 0. The average molecular weight is 293 g/mol. The summed E-state index contributed by atoms with van der Waals surface area (Å²) in [5, 5.41) is 11.8. The van der Waals surface area contributed by atoms with Crippen LogP contribution in [0, 0.1) is 5.41 Å². The first-order valence-corrected chi connectivity index (χ1v) is 6.89. The van der Waals surface area contributed by atoms with E-state index in [1.165, 1.54) is 7.11 Å². The summed E-state index contributed by atoms with van der Waals surface area (Å²) in [6, 6.07) is 5.59. The van der Waals surface area contributed by atoms with E-state index in [-0.39, 0.29) is 11.3 Å². The Kier molecular flexibility index (Phi) is 5.76. The molecule has 0 radical (unpaired) electrons. The summed E-state index contributed by atoms with van der Waals surface area (Å²) in [6.07, 6.45) is 1.01. The quantitative estimate of drug-likeness (QED) is 0.845. The summed E-state index contributed by atoms with van der Waals surface area (Å²) in [4.78, 5) is 23.2. The highest BCUT2D eigenvalue weighted by atomic mass is 16.5. The van der Waals surface area contributed by atoms with E-state index in [0.29, 0.717) is 24.2 Å². The number of carboxylic acid groups (broad SMARTS) is 1. The third-order valence-corrected chi connectivity index (χ3v) is 3.10. The number of methoxy groups -OCH3 is 1. The first kappa shape index (κ1) is 17.0. The fourth-order valence-corrected chi connectivity index (χ4v) is 1.81. The van der Waals surface area contributed by atoms with Gasteiger partial charge in [0.05, 0.1) is 7.11 Å². The second-order valence-electron chi connectivity index (χ2n) is 6.17. The van der Waals surface area contributed by atoms with E-state index in [1.807, 2.05) is 20.8 Å². The Labute approximate surface area is 125 Å². The predicted molar refractivity (Wildman–Crippen MR) is 80.2 cm³/mol. The van der Waals surface area contributed by atoms with Gasteiger partial charge >= 0.3 is 5.97 Å². The first-order valence-electron chi connectivity index (χ1n) is 6.89. The van der Waals surface area contributed by atoms with E-state index in [4.69, 9.17) is 4.74 Å². The molecule has 5 nitrogen and oxygen atoms in total. The molecule has 0 saturated carbocycles. The van der Waals surface area contributed by atoms with Crippen LogP contribution >= 0.6 is 0 Å². The molecule has 1 aromatic carbocycles. The molecule has 1 rings (SSSR count). The molecule has 0 aliphatic heterocycles. The van der Waals surface area contributed by atoms with E-state index in [1.54, 1.807) is 24.3 Å². The predicted octanol–water partition coefficient (Wildman–Crippen LogP) is 2.76. The number of benzene rings is 1. The van der Waals surface area contributed by atoms with Gasteiger partial charge in [-0.15, -0.1) is 0 Å². The third kappa shape index (κ3) is 5.85. The second-order valence-corrected chi connectivity index (χ2v) is 6.17. The van der Waals surface area contributed by atoms with Crippen LogP contribution in [-0.4, -0.2) is 24.1 Å². The maximum atomic E-state index is 11.9. The van der Waals surface area contributed by atoms with Crippen LogP contribution in [0.2, 0.25) is 0 Å². The number of carbonyl (C=O) groups is 2. The average Bonchev–Trinajstić information content (AvgIpc) is 2.41. The number of ether oxygens (including phenoxy) is 1. The Balaban J connectivity index is 2.73. The maximum absolute atomic E-state index is 11.9. The highest BCUT2D eigenvalue weighted by Gasteiger charge is 2.23. The molecule has 1 amide bonds. The van der Waals surface area contributed by atoms with Crippen LogP contribution in [-0.2, 0) is 9.59 Å². The maximum Gasteiger partial charge on any atom is 0.330 e. The molecule has 0 aromatic heterocycles. The molecule has 5 heteroatoms. The standard InChI is InChI=1S/C16H23NO4/c1-16(2,3)10-9-13(18)17-14(15(19)20)11-5-7-12(21-4)8-6-11/h5-8,14H,9-10H2,1-4H3,(H,17,18)(H,19,20). The largest absolute Gasteiger partial charge is 0.497 e. The van der Waals surface area contributed by atoms with Gasteiger partial charge < -0.3 is 15.2 Å². The van der Waals surface area contributed by atoms with E-state index < -0.39 is 12.0 Å². The number of carboxylic acids is 1. The van der Waals surface area contributed by atoms with Crippen molar-refractivity contribution in [3.05, 3.63) is 29.8 Å². The van der Waals surface area contributed by atoms with Gasteiger partial charge in [0, 0.05) is 6.42 Å². The lowest BCUT2D eigenvalue weighted by Gasteiger charge is -2.19. The van der Waals surface area contributed by atoms with Gasteiger partial charge in [-0.3, -0.25) is 4.79 Å². The molecule has 0 fully saturated rings. The Morgan fingerprint density at radius 3 is 2.24 bits per heavy atom. The van der Waals surface area contributed by atoms with Crippen molar-refractivity contribution in [2.45, 2.75) is 39.7 Å². The number of hydrogen-bond acceptors (Lipinski definition) is 3. The molecular formula is C16H23NO4. The number of hydrogen-bond donors (Lipinski definition) is 2. The Bertz CT molecular complexity index is 488. The van der Waals surface area contributed by atoms with Gasteiger partial charge in [0.25, 0.3) is 0 Å². The van der Waals surface area contributed by atoms with Crippen molar-refractivity contribution in [3.63, 3.8) is 0 Å². The first-order chi connectivity index (χ1) is 9.73. The van der Waals surface area contributed by atoms with Crippen molar-refractivity contribution in [1.82, 2.24) is 5.32 Å². The van der Waals surface area contributed by atoms with Gasteiger partial charge in [0.2, 0.25) is 5.91 Å². The van der Waals surface area contributed by atoms with Crippen molar-refractivity contribution in [2.75, 3.05) is 7.11 Å². The lowest BCUT2D eigenvalue weighted by molar-refractivity contribution is -0.142. The topological polar surface area (TPSA) is 75.6 Å². The fourth-order valence-electron chi connectivity index (χ4n) is 1.81. The minimum Gasteiger partial charge on any atom is -0.497 e. The van der Waals surface area contributed by atoms with Crippen molar-refractivity contribution in [3.8, 4) is 5.75 Å². The second kappa shape index (κ2) is 7.11. The molecular weight excluding hydrogens is 270 g/mol. The molecule has 0 spiro atoms. The van der Waals surface area contributed by atoms with E-state index in [9.17, 15) is 14.7 Å². The zero-order valence-electron chi connectivity index (χ0n) is 13.0. The normalized spacial score (nSPS) is 12.6. The van der Waals surface area contributed by atoms with Gasteiger partial charge in [-0.25, -0.2) is 4.79 Å². The summed E-state index contributed by atoms with van der Waals surface area (Å²) in [7, 11) is 1.54. The van der Waals surface area contributed by atoms with Gasteiger partial charge in [-0.05, 0) is 29.5 Å². The molecule has 0 aliphatic rings. The minimum absolute atomic E-state index is 0.0379. The monoisotopic (exact) mass is 293 g/mol. The molecule has 0 bridgehead atoms. The van der Waals surface area contributed by atoms with Crippen LogP contribution in [0.4, 0.5) is 0 Å². The molecule has 0 heterocycles. The third-order valence-electron chi connectivity index (χ3n) is 3.10. The zero-order chi connectivity index (χ0) is 16.0. The van der Waals surface area contributed by atoms with E-state index in [2.05, 4.69) is 5.32 Å². The van der Waals surface area contributed by atoms with Gasteiger partial charge in [0.15, 0.2) is 6.04 Å². The van der Waals surface area contributed by atoms with Crippen LogP contribution in [0.5, 0.6) is 5.75 Å². The molecule has 0 aliphatic carbocycles. The summed E-state index contributed by atoms with van der Waals surface area (Å²) in [5.41, 5.74) is 0.559. The van der Waals surface area contributed by atoms with Crippen molar-refractivity contribution >= 4 is 11.9 Å². The highest BCUT2D eigenvalue weighted by Crippen LogP contribution is 2.22. The summed E-state index contributed by atoms with van der Waals surface area (Å²) < 4.78 is 5.03. The van der Waals surface area contributed by atoms with Crippen LogP contribution in [0.25, 0.3) is 0 Å². The molecule has 2 N–H and O–H groups in total. The summed E-state index contributed by atoms with van der Waals surface area (Å²) in [6.45, 7) is 6.12. The number of nitrogens with one attached hydrogen (secondary N) is 1. The Morgan fingerprint density at radius 1 is 1.24 bits per heavy atom. The van der Waals surface area contributed by atoms with Gasteiger partial charge in [-0.1, -0.05) is 32.9 Å². The van der Waals surface area contributed by atoms with Crippen molar-refractivity contribution < 1.29 is 19.4 Å². The Morgan fingerprint density at radius 2 is 1.81 bits per heavy atom.